The molecule has 2 N–H and O–H groups in total. The zero-order valence-corrected chi connectivity index (χ0v) is 26.0. The Morgan fingerprint density at radius 2 is 1.93 bits per heavy atom. The Kier molecular flexibility index (Phi) is 7.70. The number of hydrogen-bond donors (Lipinski definition) is 2. The minimum absolute atomic E-state index is 0.0720. The molecule has 1 unspecified atom stereocenters. The number of nitrogens with zero attached hydrogens (tertiary/aromatic N) is 6. The lowest BCUT2D eigenvalue weighted by atomic mass is 9.94. The smallest absolute Gasteiger partial charge is 0.319 e. The molecule has 3 aromatic heterocycles. The van der Waals surface area contributed by atoms with E-state index in [0.717, 1.165) is 81.0 Å². The second-order valence-electron chi connectivity index (χ2n) is 13.6. The molecule has 0 radical (unpaired) electrons. The van der Waals surface area contributed by atoms with E-state index >= 15 is 4.39 Å². The SMILES string of the molecule is O=C1CCCCc2ccc3[nH]ncc3c2-c2ncc3c(nc(OC[C@@]45CCCN4C[C@H](F)C5)nc3c2F)N2CCCC(CCN1)C2. The molecule has 242 valence electrons. The van der Waals surface area contributed by atoms with Crippen LogP contribution in [0.3, 0.4) is 0 Å². The van der Waals surface area contributed by atoms with Crippen molar-refractivity contribution in [2.24, 2.45) is 5.92 Å². The summed E-state index contributed by atoms with van der Waals surface area (Å²) in [4.78, 5) is 31.3. The van der Waals surface area contributed by atoms with Crippen LogP contribution in [0.25, 0.3) is 33.1 Å². The van der Waals surface area contributed by atoms with E-state index in [2.05, 4.69) is 25.3 Å². The van der Waals surface area contributed by atoms with Crippen LogP contribution in [0.2, 0.25) is 0 Å². The fourth-order valence-corrected chi connectivity index (χ4v) is 8.30. The van der Waals surface area contributed by atoms with Crippen LogP contribution < -0.4 is 15.0 Å². The lowest BCUT2D eigenvalue weighted by Crippen LogP contribution is -2.43. The van der Waals surface area contributed by atoms with Crippen LogP contribution in [0.4, 0.5) is 14.6 Å². The summed E-state index contributed by atoms with van der Waals surface area (Å²) >= 11 is 0. The number of aromatic amines is 1. The summed E-state index contributed by atoms with van der Waals surface area (Å²) < 4.78 is 37.8. The number of H-pyrrole nitrogens is 1. The number of pyridine rings is 1. The van der Waals surface area contributed by atoms with Crippen molar-refractivity contribution in [2.75, 3.05) is 44.2 Å². The number of aryl methyl sites for hydroxylation is 1. The third-order valence-corrected chi connectivity index (χ3v) is 10.6. The van der Waals surface area contributed by atoms with E-state index in [0.29, 0.717) is 55.0 Å². The molecule has 10 nitrogen and oxygen atoms in total. The highest BCUT2D eigenvalue weighted by Gasteiger charge is 2.49. The quantitative estimate of drug-likeness (QED) is 0.321. The van der Waals surface area contributed by atoms with Crippen LogP contribution in [0.5, 0.6) is 6.01 Å². The Morgan fingerprint density at radius 3 is 2.87 bits per heavy atom. The molecule has 3 saturated heterocycles. The number of halogens is 2. The molecule has 1 aromatic carbocycles. The maximum absolute atomic E-state index is 17.0. The van der Waals surface area contributed by atoms with Gasteiger partial charge in [0, 0.05) is 56.2 Å². The van der Waals surface area contributed by atoms with E-state index in [1.54, 1.807) is 12.4 Å². The van der Waals surface area contributed by atoms with E-state index in [1.807, 2.05) is 12.1 Å². The van der Waals surface area contributed by atoms with E-state index in [9.17, 15) is 9.18 Å². The van der Waals surface area contributed by atoms with Crippen molar-refractivity contribution in [1.82, 2.24) is 35.4 Å². The average Bonchev–Trinajstić information content (AvgIpc) is 3.76. The van der Waals surface area contributed by atoms with Crippen LogP contribution in [-0.4, -0.2) is 87.0 Å². The molecule has 3 atom stereocenters. The molecule has 8 heterocycles. The van der Waals surface area contributed by atoms with Crippen LogP contribution in [0.15, 0.2) is 24.5 Å². The molecule has 4 aromatic rings. The zero-order valence-electron chi connectivity index (χ0n) is 26.0. The highest BCUT2D eigenvalue weighted by Crippen LogP contribution is 2.41. The van der Waals surface area contributed by atoms with Crippen molar-refractivity contribution in [3.05, 3.63) is 35.9 Å². The Hall–Kier alpha value is -3.93. The number of fused-ring (bicyclic) bond motifs is 10. The molecular formula is C34H40F2N8O2. The Bertz CT molecular complexity index is 1780. The van der Waals surface area contributed by atoms with Crippen molar-refractivity contribution < 1.29 is 18.3 Å². The maximum Gasteiger partial charge on any atom is 0.319 e. The minimum atomic E-state index is -0.877. The van der Waals surface area contributed by atoms with Crippen molar-refractivity contribution in [2.45, 2.75) is 75.9 Å². The fraction of sp³-hybridized carbons (Fsp3) is 0.559. The Balaban J connectivity index is 1.25. The number of amides is 1. The minimum Gasteiger partial charge on any atom is -0.461 e. The van der Waals surface area contributed by atoms with Crippen molar-refractivity contribution in [1.29, 1.82) is 0 Å². The van der Waals surface area contributed by atoms with E-state index in [-0.39, 0.29) is 35.3 Å². The lowest BCUT2D eigenvalue weighted by molar-refractivity contribution is -0.121. The fourth-order valence-electron chi connectivity index (χ4n) is 8.30. The van der Waals surface area contributed by atoms with Gasteiger partial charge in [0.05, 0.1) is 22.6 Å². The molecular weight excluding hydrogens is 590 g/mol. The van der Waals surface area contributed by atoms with Gasteiger partial charge in [0.25, 0.3) is 0 Å². The van der Waals surface area contributed by atoms with Gasteiger partial charge in [0.1, 0.15) is 29.8 Å². The first-order chi connectivity index (χ1) is 22.5. The molecule has 6 bridgehead atoms. The highest BCUT2D eigenvalue weighted by molar-refractivity contribution is 5.99. The van der Waals surface area contributed by atoms with Gasteiger partial charge < -0.3 is 15.0 Å². The van der Waals surface area contributed by atoms with E-state index < -0.39 is 12.0 Å². The molecule has 5 aliphatic rings. The van der Waals surface area contributed by atoms with E-state index in [1.165, 1.54) is 0 Å². The number of ether oxygens (including phenoxy) is 1. The van der Waals surface area contributed by atoms with Crippen LogP contribution >= 0.6 is 0 Å². The average molecular weight is 631 g/mol. The number of carbonyl (C=O) groups excluding carboxylic acids is 1. The molecule has 0 saturated carbocycles. The second-order valence-corrected chi connectivity index (χ2v) is 13.6. The van der Waals surface area contributed by atoms with Gasteiger partial charge >= 0.3 is 6.01 Å². The summed E-state index contributed by atoms with van der Waals surface area (Å²) in [7, 11) is 0. The summed E-state index contributed by atoms with van der Waals surface area (Å²) in [5.74, 6) is 0.500. The first-order valence-electron chi connectivity index (χ1n) is 16.8. The van der Waals surface area contributed by atoms with Gasteiger partial charge in [-0.2, -0.15) is 15.1 Å². The van der Waals surface area contributed by atoms with Gasteiger partial charge in [-0.1, -0.05) is 6.07 Å². The van der Waals surface area contributed by atoms with Crippen LogP contribution in [-0.2, 0) is 11.2 Å². The van der Waals surface area contributed by atoms with Crippen molar-refractivity contribution >= 4 is 33.5 Å². The molecule has 46 heavy (non-hydrogen) atoms. The summed E-state index contributed by atoms with van der Waals surface area (Å²) in [5, 5.41) is 11.7. The summed E-state index contributed by atoms with van der Waals surface area (Å²) in [6, 6.07) is 4.04. The molecule has 0 spiro atoms. The number of aromatic nitrogens is 5. The number of nitrogens with one attached hydrogen (secondary N) is 2. The van der Waals surface area contributed by atoms with Gasteiger partial charge in [0.15, 0.2) is 5.82 Å². The number of anilines is 1. The Labute approximate surface area is 266 Å². The van der Waals surface area contributed by atoms with Crippen molar-refractivity contribution in [3.63, 3.8) is 0 Å². The molecule has 5 aliphatic heterocycles. The monoisotopic (exact) mass is 630 g/mol. The number of alkyl halides is 1. The Morgan fingerprint density at radius 1 is 1.02 bits per heavy atom. The summed E-state index contributed by atoms with van der Waals surface area (Å²) in [6.07, 6.45) is 10.3. The topological polar surface area (TPSA) is 112 Å². The van der Waals surface area contributed by atoms with Gasteiger partial charge in [-0.3, -0.25) is 19.8 Å². The molecule has 12 heteroatoms. The summed E-state index contributed by atoms with van der Waals surface area (Å²) in [6.45, 7) is 3.66. The maximum atomic E-state index is 17.0. The second kappa shape index (κ2) is 12.0. The van der Waals surface area contributed by atoms with Gasteiger partial charge in [-0.05, 0) is 75.5 Å². The van der Waals surface area contributed by atoms with Gasteiger partial charge in [0.2, 0.25) is 5.91 Å². The van der Waals surface area contributed by atoms with Crippen molar-refractivity contribution in [3.8, 4) is 17.3 Å². The number of hydrogen-bond acceptors (Lipinski definition) is 8. The van der Waals surface area contributed by atoms with E-state index in [4.69, 9.17) is 19.7 Å². The number of benzene rings is 1. The predicted molar refractivity (Wildman–Crippen MR) is 171 cm³/mol. The standard InChI is InChI=1S/C34H40F2N8O2/c35-23-15-34(11-4-14-44(34)19-23)20-46-33-40-30-25-16-38-31(29(30)36)28-22(8-9-26-24(28)17-39-42-26)6-1-2-7-27(45)37-12-10-21-5-3-13-43(18-21)32(25)41-33/h8-9,16-17,21,23H,1-7,10-15,18-20H2,(H,37,45)(H,39,42)/t21?,23-,34+/m1/s1. The first kappa shape index (κ1) is 29.5. The normalized spacial score (nSPS) is 25.9. The number of piperidine rings is 1. The first-order valence-corrected chi connectivity index (χ1v) is 16.8. The summed E-state index contributed by atoms with van der Waals surface area (Å²) in [5.41, 5.74) is 2.40. The highest BCUT2D eigenvalue weighted by atomic mass is 19.1. The van der Waals surface area contributed by atoms with Gasteiger partial charge in [-0.25, -0.2) is 8.78 Å². The zero-order chi connectivity index (χ0) is 31.3. The molecule has 9 rings (SSSR count). The number of carbonyl (C=O) groups is 1. The molecule has 1 amide bonds. The van der Waals surface area contributed by atoms with Crippen LogP contribution in [0.1, 0.15) is 63.4 Å². The largest absolute Gasteiger partial charge is 0.461 e. The van der Waals surface area contributed by atoms with Gasteiger partial charge in [-0.15, -0.1) is 0 Å². The van der Waals surface area contributed by atoms with Crippen LogP contribution in [0, 0.1) is 11.7 Å². The molecule has 0 aliphatic carbocycles. The predicted octanol–water partition coefficient (Wildman–Crippen LogP) is 5.11. The lowest BCUT2D eigenvalue weighted by Gasteiger charge is -2.34. The molecule has 3 fully saturated rings. The third-order valence-electron chi connectivity index (χ3n) is 10.6. The number of rotatable bonds is 3. The third kappa shape index (κ3) is 5.34.